The molecule has 0 spiro atoms. The van der Waals surface area contributed by atoms with E-state index in [-0.39, 0.29) is 11.0 Å². The molecule has 0 aromatic carbocycles. The molecular weight excluding hydrogens is 210 g/mol. The van der Waals surface area contributed by atoms with E-state index < -0.39 is 0 Å². The first-order chi connectivity index (χ1) is 7.00. The molecule has 0 bridgehead atoms. The molecule has 15 heavy (non-hydrogen) atoms. The third kappa shape index (κ3) is 1.08. The largest absolute Gasteiger partial charge is 0.324 e. The molecule has 0 atom stereocenters. The van der Waals surface area contributed by atoms with Crippen molar-refractivity contribution < 1.29 is 0 Å². The highest BCUT2D eigenvalue weighted by molar-refractivity contribution is 6.30. The number of aryl methyl sites for hydroxylation is 2. The Balaban J connectivity index is 2.13. The Kier molecular flexibility index (Phi) is 1.66. The summed E-state index contributed by atoms with van der Waals surface area (Å²) in [5.74, 6) is 0. The average molecular weight is 226 g/mol. The summed E-state index contributed by atoms with van der Waals surface area (Å²) in [4.78, 5) is 0. The second-order valence-electron chi connectivity index (χ2n) is 5.11. The number of rotatable bonds is 2. The molecule has 0 saturated heterocycles. The standard InChI is InChI=1S/C11H16ClN3/c1-7-8(9(12)15(2)14-7)10(3-4-10)11(13)5-6-11/h3-6,13H2,1-2H3. The number of nitrogens with zero attached hydrogens (tertiary/aromatic N) is 2. The van der Waals surface area contributed by atoms with Gasteiger partial charge in [0.2, 0.25) is 0 Å². The van der Waals surface area contributed by atoms with Crippen LogP contribution in [0.25, 0.3) is 0 Å². The maximum absolute atomic E-state index is 6.37. The molecule has 2 aliphatic carbocycles. The van der Waals surface area contributed by atoms with Crippen LogP contribution in [0, 0.1) is 6.92 Å². The second-order valence-corrected chi connectivity index (χ2v) is 5.47. The topological polar surface area (TPSA) is 43.8 Å². The summed E-state index contributed by atoms with van der Waals surface area (Å²) < 4.78 is 1.76. The van der Waals surface area contributed by atoms with Crippen molar-refractivity contribution in [1.29, 1.82) is 0 Å². The van der Waals surface area contributed by atoms with Crippen molar-refractivity contribution in [1.82, 2.24) is 9.78 Å². The molecule has 0 aliphatic heterocycles. The SMILES string of the molecule is Cc1nn(C)c(Cl)c1C1(C2(N)CC2)CC1. The molecule has 2 aliphatic rings. The lowest BCUT2D eigenvalue weighted by Crippen LogP contribution is -2.37. The molecule has 3 nitrogen and oxygen atoms in total. The highest BCUT2D eigenvalue weighted by Gasteiger charge is 2.65. The Morgan fingerprint density at radius 3 is 2.27 bits per heavy atom. The predicted molar refractivity (Wildman–Crippen MR) is 60.0 cm³/mol. The number of hydrogen-bond donors (Lipinski definition) is 1. The minimum absolute atomic E-state index is 0.0183. The molecule has 1 aromatic rings. The monoisotopic (exact) mass is 225 g/mol. The summed E-state index contributed by atoms with van der Waals surface area (Å²) in [5.41, 5.74) is 8.81. The molecule has 0 amide bonds. The summed E-state index contributed by atoms with van der Waals surface area (Å²) in [5, 5.41) is 5.17. The Morgan fingerprint density at radius 1 is 1.33 bits per heavy atom. The predicted octanol–water partition coefficient (Wildman–Crippen LogP) is 1.90. The van der Waals surface area contributed by atoms with Crippen molar-refractivity contribution in [3.63, 3.8) is 0 Å². The van der Waals surface area contributed by atoms with Gasteiger partial charge in [0.05, 0.1) is 5.69 Å². The first kappa shape index (κ1) is 9.67. The quantitative estimate of drug-likeness (QED) is 0.836. The van der Waals surface area contributed by atoms with E-state index in [1.165, 1.54) is 18.4 Å². The average Bonchev–Trinajstić information content (AvgIpc) is 3.02. The van der Waals surface area contributed by atoms with E-state index in [0.29, 0.717) is 0 Å². The molecule has 1 heterocycles. The summed E-state index contributed by atoms with van der Waals surface area (Å²) in [6, 6.07) is 0. The van der Waals surface area contributed by atoms with Gasteiger partial charge in [-0.2, -0.15) is 5.10 Å². The summed E-state index contributed by atoms with van der Waals surface area (Å²) >= 11 is 6.32. The lowest BCUT2D eigenvalue weighted by Gasteiger charge is -2.22. The maximum Gasteiger partial charge on any atom is 0.130 e. The molecule has 2 fully saturated rings. The van der Waals surface area contributed by atoms with Gasteiger partial charge in [0, 0.05) is 23.6 Å². The van der Waals surface area contributed by atoms with Crippen molar-refractivity contribution in [3.8, 4) is 0 Å². The number of nitrogens with two attached hydrogens (primary N) is 1. The van der Waals surface area contributed by atoms with Crippen LogP contribution in [0.2, 0.25) is 5.15 Å². The lowest BCUT2D eigenvalue weighted by molar-refractivity contribution is 0.501. The third-order valence-corrected chi connectivity index (χ3v) is 4.56. The summed E-state index contributed by atoms with van der Waals surface area (Å²) in [6.45, 7) is 2.03. The van der Waals surface area contributed by atoms with Gasteiger partial charge in [0.25, 0.3) is 0 Å². The second kappa shape index (κ2) is 2.58. The van der Waals surface area contributed by atoms with E-state index in [4.69, 9.17) is 17.3 Å². The molecule has 0 radical (unpaired) electrons. The van der Waals surface area contributed by atoms with Gasteiger partial charge >= 0.3 is 0 Å². The molecule has 3 rings (SSSR count). The first-order valence-corrected chi connectivity index (χ1v) is 5.86. The van der Waals surface area contributed by atoms with E-state index in [0.717, 1.165) is 23.7 Å². The van der Waals surface area contributed by atoms with Crippen molar-refractivity contribution in [2.45, 2.75) is 43.6 Å². The fourth-order valence-corrected chi connectivity index (χ4v) is 3.26. The van der Waals surface area contributed by atoms with Gasteiger partial charge in [-0.05, 0) is 32.6 Å². The minimum atomic E-state index is 0.0183. The molecule has 2 saturated carbocycles. The lowest BCUT2D eigenvalue weighted by atomic mass is 9.86. The fourth-order valence-electron chi connectivity index (χ4n) is 2.91. The van der Waals surface area contributed by atoms with Gasteiger partial charge in [-0.1, -0.05) is 11.6 Å². The summed E-state index contributed by atoms with van der Waals surface area (Å²) in [6.07, 6.45) is 4.63. The zero-order chi connectivity index (χ0) is 10.8. The van der Waals surface area contributed by atoms with Gasteiger partial charge in [0.15, 0.2) is 0 Å². The van der Waals surface area contributed by atoms with Gasteiger partial charge in [-0.15, -0.1) is 0 Å². The Morgan fingerprint density at radius 2 is 1.93 bits per heavy atom. The highest BCUT2D eigenvalue weighted by Crippen LogP contribution is 2.65. The highest BCUT2D eigenvalue weighted by atomic mass is 35.5. The van der Waals surface area contributed by atoms with E-state index in [9.17, 15) is 0 Å². The van der Waals surface area contributed by atoms with Crippen LogP contribution in [-0.2, 0) is 12.5 Å². The van der Waals surface area contributed by atoms with Crippen LogP contribution in [-0.4, -0.2) is 15.3 Å². The van der Waals surface area contributed by atoms with Gasteiger partial charge in [-0.25, -0.2) is 0 Å². The Labute approximate surface area is 94.6 Å². The molecule has 1 aromatic heterocycles. The summed E-state index contributed by atoms with van der Waals surface area (Å²) in [7, 11) is 1.89. The van der Waals surface area contributed by atoms with Crippen LogP contribution in [0.5, 0.6) is 0 Å². The first-order valence-electron chi connectivity index (χ1n) is 5.49. The van der Waals surface area contributed by atoms with Crippen molar-refractivity contribution in [2.75, 3.05) is 0 Å². The fraction of sp³-hybridized carbons (Fsp3) is 0.727. The van der Waals surface area contributed by atoms with E-state index >= 15 is 0 Å². The minimum Gasteiger partial charge on any atom is -0.324 e. The number of halogens is 1. The normalized spacial score (nSPS) is 25.3. The number of hydrogen-bond acceptors (Lipinski definition) is 2. The van der Waals surface area contributed by atoms with E-state index in [1.807, 2.05) is 14.0 Å². The third-order valence-electron chi connectivity index (χ3n) is 4.12. The zero-order valence-corrected chi connectivity index (χ0v) is 9.93. The van der Waals surface area contributed by atoms with Crippen LogP contribution < -0.4 is 5.73 Å². The molecular formula is C11H16ClN3. The van der Waals surface area contributed by atoms with Gasteiger partial charge in [-0.3, -0.25) is 4.68 Å². The Hall–Kier alpha value is -0.540. The number of aromatic nitrogens is 2. The maximum atomic E-state index is 6.37. The van der Waals surface area contributed by atoms with Gasteiger partial charge < -0.3 is 5.73 Å². The van der Waals surface area contributed by atoms with Crippen molar-refractivity contribution >= 4 is 11.6 Å². The molecule has 0 unspecified atom stereocenters. The van der Waals surface area contributed by atoms with Crippen LogP contribution in [0.3, 0.4) is 0 Å². The zero-order valence-electron chi connectivity index (χ0n) is 9.18. The van der Waals surface area contributed by atoms with E-state index in [2.05, 4.69) is 5.10 Å². The van der Waals surface area contributed by atoms with Crippen LogP contribution in [0.15, 0.2) is 0 Å². The van der Waals surface area contributed by atoms with Crippen LogP contribution in [0.4, 0.5) is 0 Å². The van der Waals surface area contributed by atoms with Crippen molar-refractivity contribution in [3.05, 3.63) is 16.4 Å². The molecule has 4 heteroatoms. The molecule has 2 N–H and O–H groups in total. The smallest absolute Gasteiger partial charge is 0.130 e. The van der Waals surface area contributed by atoms with Gasteiger partial charge in [0.1, 0.15) is 5.15 Å². The Bertz CT molecular complexity index is 427. The van der Waals surface area contributed by atoms with Crippen LogP contribution in [0.1, 0.15) is 36.9 Å². The van der Waals surface area contributed by atoms with E-state index in [1.54, 1.807) is 4.68 Å². The van der Waals surface area contributed by atoms with Crippen molar-refractivity contribution in [2.24, 2.45) is 12.8 Å². The van der Waals surface area contributed by atoms with Crippen LogP contribution >= 0.6 is 11.6 Å². The molecule has 82 valence electrons.